The summed E-state index contributed by atoms with van der Waals surface area (Å²) in [6, 6.07) is 10.4. The molecule has 1 aliphatic heterocycles. The number of fused-ring (bicyclic) bond motifs is 2. The molecule has 0 radical (unpaired) electrons. The van der Waals surface area contributed by atoms with Crippen LogP contribution in [-0.4, -0.2) is 23.2 Å². The lowest BCUT2D eigenvalue weighted by molar-refractivity contribution is 0.357. The number of hydrogen-bond donors (Lipinski definition) is 2. The molecule has 1 fully saturated rings. The second-order valence-electron chi connectivity index (χ2n) is 6.49. The molecule has 1 aliphatic rings. The average molecular weight is 369 g/mol. The van der Waals surface area contributed by atoms with Crippen LogP contribution in [-0.2, 0) is 4.74 Å². The van der Waals surface area contributed by atoms with Crippen molar-refractivity contribution in [1.82, 2.24) is 15.3 Å². The molecule has 0 bridgehead atoms. The lowest BCUT2D eigenvalue weighted by atomic mass is 10.0. The van der Waals surface area contributed by atoms with Gasteiger partial charge in [-0.25, -0.2) is 18.2 Å². The Kier molecular flexibility index (Phi) is 3.50. The maximum absolute atomic E-state index is 14.0. The largest absolute Gasteiger partial charge is 0.358 e. The van der Waals surface area contributed by atoms with Gasteiger partial charge in [0.1, 0.15) is 12.3 Å². The minimum atomic E-state index is -1.49. The van der Waals surface area contributed by atoms with Gasteiger partial charge in [-0.15, -0.1) is 0 Å². The maximum Gasteiger partial charge on any atom is 0.196 e. The Balaban J connectivity index is 1.65. The van der Waals surface area contributed by atoms with Crippen molar-refractivity contribution >= 4 is 21.8 Å². The number of benzene rings is 2. The van der Waals surface area contributed by atoms with Crippen molar-refractivity contribution in [2.45, 2.75) is 12.3 Å². The van der Waals surface area contributed by atoms with Crippen LogP contribution < -0.4 is 5.32 Å². The Morgan fingerprint density at radius 2 is 1.93 bits per heavy atom. The van der Waals surface area contributed by atoms with Crippen molar-refractivity contribution in [1.29, 1.82) is 0 Å². The zero-order chi connectivity index (χ0) is 18.7. The van der Waals surface area contributed by atoms with E-state index in [0.717, 1.165) is 22.5 Å². The maximum atomic E-state index is 14.0. The summed E-state index contributed by atoms with van der Waals surface area (Å²) in [7, 11) is 1.84. The Labute approximate surface area is 152 Å². The quantitative estimate of drug-likeness (QED) is 0.415. The van der Waals surface area contributed by atoms with Gasteiger partial charge in [-0.05, 0) is 30.8 Å². The highest BCUT2D eigenvalue weighted by atomic mass is 19.2. The number of aromatic nitrogens is 2. The Hall–Kier alpha value is -2.90. The lowest BCUT2D eigenvalue weighted by Gasteiger charge is -2.06. The van der Waals surface area contributed by atoms with Crippen molar-refractivity contribution in [3.63, 3.8) is 0 Å². The number of ether oxygens (including phenoxy) is 1. The van der Waals surface area contributed by atoms with Gasteiger partial charge < -0.3 is 9.72 Å². The van der Waals surface area contributed by atoms with E-state index in [1.807, 2.05) is 31.3 Å². The van der Waals surface area contributed by atoms with Crippen molar-refractivity contribution in [2.75, 3.05) is 7.05 Å². The smallest absolute Gasteiger partial charge is 0.196 e. The van der Waals surface area contributed by atoms with E-state index < -0.39 is 17.5 Å². The Morgan fingerprint density at radius 3 is 2.70 bits per heavy atom. The molecule has 3 heterocycles. The minimum absolute atomic E-state index is 0.00950. The van der Waals surface area contributed by atoms with E-state index in [4.69, 9.17) is 4.74 Å². The first kappa shape index (κ1) is 16.3. The van der Waals surface area contributed by atoms with Crippen LogP contribution in [0.1, 0.15) is 11.7 Å². The summed E-state index contributed by atoms with van der Waals surface area (Å²) in [5, 5.41) is 4.27. The molecule has 2 aromatic carbocycles. The highest BCUT2D eigenvalue weighted by molar-refractivity contribution is 5.96. The fourth-order valence-electron chi connectivity index (χ4n) is 3.53. The third-order valence-corrected chi connectivity index (χ3v) is 4.94. The second-order valence-corrected chi connectivity index (χ2v) is 6.49. The molecule has 2 atom stereocenters. The number of epoxide rings is 1. The van der Waals surface area contributed by atoms with E-state index in [0.29, 0.717) is 11.3 Å². The molecular weight excluding hydrogens is 355 g/mol. The van der Waals surface area contributed by atoms with Crippen LogP contribution in [0.5, 0.6) is 0 Å². The molecule has 0 amide bonds. The van der Waals surface area contributed by atoms with Gasteiger partial charge in [-0.3, -0.25) is 5.32 Å². The molecule has 5 rings (SSSR count). The van der Waals surface area contributed by atoms with Gasteiger partial charge in [0.2, 0.25) is 0 Å². The summed E-state index contributed by atoms with van der Waals surface area (Å²) in [6.07, 6.45) is 1.47. The normalized spacial score (nSPS) is 19.1. The van der Waals surface area contributed by atoms with Gasteiger partial charge in [0.05, 0.1) is 16.7 Å². The monoisotopic (exact) mass is 369 g/mol. The van der Waals surface area contributed by atoms with Gasteiger partial charge in [0.15, 0.2) is 17.5 Å². The number of nitrogens with one attached hydrogen (secondary N) is 2. The predicted octanol–water partition coefficient (Wildman–Crippen LogP) is 4.42. The zero-order valence-electron chi connectivity index (χ0n) is 14.2. The van der Waals surface area contributed by atoms with Gasteiger partial charge in [0.25, 0.3) is 0 Å². The first-order valence-electron chi connectivity index (χ1n) is 8.46. The summed E-state index contributed by atoms with van der Waals surface area (Å²) < 4.78 is 46.7. The fourth-order valence-corrected chi connectivity index (χ4v) is 3.53. The molecule has 7 heteroatoms. The highest BCUT2D eigenvalue weighted by Crippen LogP contribution is 2.40. The number of pyridine rings is 1. The van der Waals surface area contributed by atoms with E-state index in [9.17, 15) is 13.2 Å². The van der Waals surface area contributed by atoms with Crippen molar-refractivity contribution in [3.8, 4) is 11.3 Å². The van der Waals surface area contributed by atoms with Gasteiger partial charge in [-0.1, -0.05) is 18.2 Å². The third kappa shape index (κ3) is 2.43. The van der Waals surface area contributed by atoms with Gasteiger partial charge >= 0.3 is 0 Å². The zero-order valence-corrected chi connectivity index (χ0v) is 14.2. The first-order chi connectivity index (χ1) is 13.1. The summed E-state index contributed by atoms with van der Waals surface area (Å²) in [5.74, 6) is -3.95. The molecule has 1 saturated heterocycles. The summed E-state index contributed by atoms with van der Waals surface area (Å²) in [5.41, 5.74) is 2.74. The topological polar surface area (TPSA) is 53.2 Å². The number of H-pyrrole nitrogens is 1. The SMILES string of the molecule is CNC1OC1c1cccc2nc(-c3c[nH]c4c(F)c(F)c(F)cc34)ccc12. The van der Waals surface area contributed by atoms with Crippen LogP contribution in [0.2, 0.25) is 0 Å². The fraction of sp³-hybridized carbons (Fsp3) is 0.150. The molecule has 2 N–H and O–H groups in total. The van der Waals surface area contributed by atoms with E-state index in [2.05, 4.69) is 15.3 Å². The van der Waals surface area contributed by atoms with Crippen molar-refractivity contribution in [3.05, 3.63) is 65.6 Å². The predicted molar refractivity (Wildman–Crippen MR) is 95.6 cm³/mol. The van der Waals surface area contributed by atoms with Crippen LogP contribution in [0, 0.1) is 17.5 Å². The second kappa shape index (κ2) is 5.80. The summed E-state index contributed by atoms with van der Waals surface area (Å²) in [6.45, 7) is 0. The van der Waals surface area contributed by atoms with Crippen molar-refractivity contribution < 1.29 is 17.9 Å². The number of aromatic amines is 1. The van der Waals surface area contributed by atoms with E-state index in [1.54, 1.807) is 6.07 Å². The standard InChI is InChI=1S/C20H14F3N3O/c1-24-20-19(27-20)10-3-2-4-14-9(10)5-6-15(26-14)12-8-25-18-11(12)7-13(21)16(22)17(18)23/h2-8,19-20,24-25H,1H3. The molecular formula is C20H14F3N3O. The molecule has 0 spiro atoms. The molecule has 4 nitrogen and oxygen atoms in total. The number of rotatable bonds is 3. The van der Waals surface area contributed by atoms with E-state index in [1.165, 1.54) is 6.20 Å². The van der Waals surface area contributed by atoms with E-state index in [-0.39, 0.29) is 23.2 Å². The molecule has 4 aromatic rings. The van der Waals surface area contributed by atoms with Crippen LogP contribution in [0.4, 0.5) is 13.2 Å². The Morgan fingerprint density at radius 1 is 1.07 bits per heavy atom. The van der Waals surface area contributed by atoms with Crippen molar-refractivity contribution in [2.24, 2.45) is 0 Å². The minimum Gasteiger partial charge on any atom is -0.358 e. The van der Waals surface area contributed by atoms with Crippen LogP contribution in [0.3, 0.4) is 0 Å². The molecule has 0 saturated carbocycles. The molecule has 27 heavy (non-hydrogen) atoms. The molecule has 2 unspecified atom stereocenters. The summed E-state index contributed by atoms with van der Waals surface area (Å²) in [4.78, 5) is 7.31. The van der Waals surface area contributed by atoms with Gasteiger partial charge in [-0.2, -0.15) is 0 Å². The molecule has 2 aromatic heterocycles. The van der Waals surface area contributed by atoms with Crippen LogP contribution in [0.15, 0.2) is 42.6 Å². The van der Waals surface area contributed by atoms with Gasteiger partial charge in [0, 0.05) is 22.5 Å². The number of hydrogen-bond acceptors (Lipinski definition) is 3. The lowest BCUT2D eigenvalue weighted by Crippen LogP contribution is -2.10. The molecule has 0 aliphatic carbocycles. The number of likely N-dealkylation sites (N-methyl/N-ethyl adjacent to an activating group) is 1. The Bertz CT molecular complexity index is 1200. The van der Waals surface area contributed by atoms with E-state index >= 15 is 0 Å². The summed E-state index contributed by atoms with van der Waals surface area (Å²) >= 11 is 0. The molecule has 136 valence electrons. The first-order valence-corrected chi connectivity index (χ1v) is 8.46. The van der Waals surface area contributed by atoms with Crippen LogP contribution >= 0.6 is 0 Å². The van der Waals surface area contributed by atoms with Crippen LogP contribution in [0.25, 0.3) is 33.1 Å². The average Bonchev–Trinajstić information content (AvgIpc) is 3.36. The third-order valence-electron chi connectivity index (χ3n) is 4.94. The highest BCUT2D eigenvalue weighted by Gasteiger charge is 2.39. The number of nitrogens with zero attached hydrogens (tertiary/aromatic N) is 1. The number of halogens is 3.